The van der Waals surface area contributed by atoms with Gasteiger partial charge in [-0.25, -0.2) is 15.0 Å². The van der Waals surface area contributed by atoms with Crippen molar-refractivity contribution in [3.05, 3.63) is 188 Å². The van der Waals surface area contributed by atoms with Crippen LogP contribution in [0.1, 0.15) is 0 Å². The Morgan fingerprint density at radius 3 is 1.43 bits per heavy atom. The third kappa shape index (κ3) is 5.37. The highest BCUT2D eigenvalue weighted by Gasteiger charge is 2.23. The van der Waals surface area contributed by atoms with Crippen molar-refractivity contribution in [2.45, 2.75) is 0 Å². The number of nitrogens with zero attached hydrogens (tertiary/aromatic N) is 3. The highest BCUT2D eigenvalue weighted by molar-refractivity contribution is 6.20. The Bertz CT molecular complexity index is 3170. The summed E-state index contributed by atoms with van der Waals surface area (Å²) in [6, 6.07) is 64.5. The van der Waals surface area contributed by atoms with Crippen LogP contribution < -0.4 is 0 Å². The molecule has 0 aliphatic carbocycles. The van der Waals surface area contributed by atoms with Crippen LogP contribution in [-0.4, -0.2) is 15.0 Å². The fourth-order valence-electron chi connectivity index (χ4n) is 7.90. The predicted molar refractivity (Wildman–Crippen MR) is 227 cm³/mol. The number of fused-ring (bicyclic) bond motifs is 6. The summed E-state index contributed by atoms with van der Waals surface area (Å²) in [5.74, 6) is 1.79. The van der Waals surface area contributed by atoms with Gasteiger partial charge >= 0.3 is 0 Å². The van der Waals surface area contributed by atoms with Crippen molar-refractivity contribution in [2.75, 3.05) is 0 Å². The quantitative estimate of drug-likeness (QED) is 0.171. The van der Waals surface area contributed by atoms with Crippen molar-refractivity contribution in [3.63, 3.8) is 0 Å². The fraction of sp³-hybridized carbons (Fsp3) is 0. The largest absolute Gasteiger partial charge is 0.456 e. The van der Waals surface area contributed by atoms with E-state index in [0.29, 0.717) is 17.5 Å². The van der Waals surface area contributed by atoms with Crippen LogP contribution in [0.3, 0.4) is 0 Å². The Morgan fingerprint density at radius 2 is 0.768 bits per heavy atom. The van der Waals surface area contributed by atoms with Crippen LogP contribution >= 0.6 is 0 Å². The fourth-order valence-corrected chi connectivity index (χ4v) is 7.90. The van der Waals surface area contributed by atoms with Gasteiger partial charge in [-0.2, -0.15) is 0 Å². The average molecular weight is 718 g/mol. The summed E-state index contributed by atoms with van der Waals surface area (Å²) in [5, 5.41) is 4.04. The van der Waals surface area contributed by atoms with Gasteiger partial charge in [0.15, 0.2) is 17.5 Å². The lowest BCUT2D eigenvalue weighted by Crippen LogP contribution is -2.00. The molecule has 0 fully saturated rings. The molecule has 3 aromatic heterocycles. The first-order valence-electron chi connectivity index (χ1n) is 18.7. The summed E-state index contributed by atoms with van der Waals surface area (Å²) in [6.45, 7) is 0. The molecule has 5 heteroatoms. The van der Waals surface area contributed by atoms with Gasteiger partial charge in [0.25, 0.3) is 0 Å². The number of hydrogen-bond donors (Lipinski definition) is 0. The lowest BCUT2D eigenvalue weighted by Gasteiger charge is -2.11. The zero-order chi connectivity index (χ0) is 37.0. The van der Waals surface area contributed by atoms with Crippen molar-refractivity contribution in [3.8, 4) is 67.5 Å². The molecule has 0 N–H and O–H groups in total. The molecule has 0 radical (unpaired) electrons. The molecule has 56 heavy (non-hydrogen) atoms. The van der Waals surface area contributed by atoms with E-state index in [0.717, 1.165) is 82.8 Å². The van der Waals surface area contributed by atoms with Crippen LogP contribution in [0.25, 0.3) is 111 Å². The summed E-state index contributed by atoms with van der Waals surface area (Å²) in [7, 11) is 0. The number of rotatable bonds is 6. The zero-order valence-electron chi connectivity index (χ0n) is 30.1. The molecule has 0 amide bonds. The van der Waals surface area contributed by atoms with E-state index >= 15 is 0 Å². The van der Waals surface area contributed by atoms with Gasteiger partial charge in [-0.3, -0.25) is 0 Å². The lowest BCUT2D eigenvalue weighted by molar-refractivity contribution is 0.668. The van der Waals surface area contributed by atoms with Crippen LogP contribution in [0.5, 0.6) is 0 Å². The number of furan rings is 2. The number of para-hydroxylation sites is 1. The highest BCUT2D eigenvalue weighted by atomic mass is 16.3. The lowest BCUT2D eigenvalue weighted by atomic mass is 9.92. The van der Waals surface area contributed by atoms with Gasteiger partial charge in [-0.15, -0.1) is 0 Å². The van der Waals surface area contributed by atoms with Crippen molar-refractivity contribution < 1.29 is 8.83 Å². The van der Waals surface area contributed by atoms with Gasteiger partial charge in [0.1, 0.15) is 22.3 Å². The van der Waals surface area contributed by atoms with Gasteiger partial charge < -0.3 is 8.83 Å². The first kappa shape index (κ1) is 31.9. The average Bonchev–Trinajstić information content (AvgIpc) is 3.86. The van der Waals surface area contributed by atoms with E-state index in [4.69, 9.17) is 23.8 Å². The molecule has 8 aromatic carbocycles. The zero-order valence-corrected chi connectivity index (χ0v) is 30.1. The standard InChI is InChI=1S/C51H31N3O2/c1-4-14-32(15-5-1)33-26-28-34(29-27-33)37-30-41(38-21-12-24-44-46(38)39-20-10-11-23-43(39)55-44)48-42(31-37)47-40(22-13-25-45(47)56-48)51-53-49(35-16-6-2-7-17-35)52-50(54-51)36-18-8-3-9-19-36/h1-31H. The minimum Gasteiger partial charge on any atom is -0.456 e. The van der Waals surface area contributed by atoms with Crippen molar-refractivity contribution in [1.29, 1.82) is 0 Å². The topological polar surface area (TPSA) is 65.0 Å². The van der Waals surface area contributed by atoms with Crippen LogP contribution in [0, 0.1) is 0 Å². The minimum atomic E-state index is 0.577. The van der Waals surface area contributed by atoms with E-state index < -0.39 is 0 Å². The molecule has 3 heterocycles. The summed E-state index contributed by atoms with van der Waals surface area (Å²) >= 11 is 0. The second-order valence-corrected chi connectivity index (χ2v) is 13.9. The van der Waals surface area contributed by atoms with Gasteiger partial charge in [-0.1, -0.05) is 158 Å². The summed E-state index contributed by atoms with van der Waals surface area (Å²) in [6.07, 6.45) is 0. The molecule has 0 spiro atoms. The van der Waals surface area contributed by atoms with E-state index in [2.05, 4.69) is 91.0 Å². The van der Waals surface area contributed by atoms with Gasteiger partial charge in [0.2, 0.25) is 0 Å². The maximum Gasteiger partial charge on any atom is 0.164 e. The van der Waals surface area contributed by atoms with Gasteiger partial charge in [0, 0.05) is 43.8 Å². The van der Waals surface area contributed by atoms with E-state index in [9.17, 15) is 0 Å². The van der Waals surface area contributed by atoms with Crippen LogP contribution in [0.15, 0.2) is 197 Å². The van der Waals surface area contributed by atoms with E-state index in [1.165, 1.54) is 11.1 Å². The second-order valence-electron chi connectivity index (χ2n) is 13.9. The second kappa shape index (κ2) is 13.0. The molecule has 5 nitrogen and oxygen atoms in total. The highest BCUT2D eigenvalue weighted by Crippen LogP contribution is 2.46. The SMILES string of the molecule is c1ccc(-c2ccc(-c3cc(-c4cccc5oc6ccccc6c45)c4oc5cccc(-c6nc(-c7ccccc7)nc(-c7ccccc7)n6)c5c4c3)cc2)cc1. The Labute approximate surface area is 322 Å². The normalized spacial score (nSPS) is 11.6. The molecule has 11 rings (SSSR count). The molecule has 0 saturated carbocycles. The molecule has 0 bridgehead atoms. The first-order chi connectivity index (χ1) is 27.7. The maximum absolute atomic E-state index is 6.93. The van der Waals surface area contributed by atoms with Gasteiger partial charge in [-0.05, 0) is 58.1 Å². The number of hydrogen-bond acceptors (Lipinski definition) is 5. The van der Waals surface area contributed by atoms with Crippen LogP contribution in [0.4, 0.5) is 0 Å². The molecule has 0 atom stereocenters. The molecule has 0 saturated heterocycles. The van der Waals surface area contributed by atoms with E-state index in [-0.39, 0.29) is 0 Å². The summed E-state index contributed by atoms with van der Waals surface area (Å²) in [5.41, 5.74) is 12.5. The molecule has 262 valence electrons. The summed E-state index contributed by atoms with van der Waals surface area (Å²) in [4.78, 5) is 15.2. The Kier molecular flexibility index (Phi) is 7.42. The Hall–Kier alpha value is -7.63. The first-order valence-corrected chi connectivity index (χ1v) is 18.7. The number of benzene rings is 8. The van der Waals surface area contributed by atoms with Crippen molar-refractivity contribution in [1.82, 2.24) is 15.0 Å². The number of aromatic nitrogens is 3. The molecular weight excluding hydrogens is 687 g/mol. The minimum absolute atomic E-state index is 0.577. The van der Waals surface area contributed by atoms with Crippen LogP contribution in [-0.2, 0) is 0 Å². The van der Waals surface area contributed by atoms with Crippen LogP contribution in [0.2, 0.25) is 0 Å². The molecule has 11 aromatic rings. The Morgan fingerprint density at radius 1 is 0.286 bits per heavy atom. The predicted octanol–water partition coefficient (Wildman–Crippen LogP) is 13.7. The molecule has 0 unspecified atom stereocenters. The van der Waals surface area contributed by atoms with Crippen molar-refractivity contribution >= 4 is 43.9 Å². The third-order valence-electron chi connectivity index (χ3n) is 10.6. The summed E-state index contributed by atoms with van der Waals surface area (Å²) < 4.78 is 13.3. The monoisotopic (exact) mass is 717 g/mol. The molecular formula is C51H31N3O2. The smallest absolute Gasteiger partial charge is 0.164 e. The molecule has 0 aliphatic heterocycles. The van der Waals surface area contributed by atoms with E-state index in [1.807, 2.05) is 97.1 Å². The van der Waals surface area contributed by atoms with Gasteiger partial charge in [0.05, 0.1) is 0 Å². The molecule has 0 aliphatic rings. The maximum atomic E-state index is 6.93. The third-order valence-corrected chi connectivity index (χ3v) is 10.6. The van der Waals surface area contributed by atoms with Crippen molar-refractivity contribution in [2.24, 2.45) is 0 Å². The Balaban J connectivity index is 1.19. The van der Waals surface area contributed by atoms with E-state index in [1.54, 1.807) is 0 Å².